The van der Waals surface area contributed by atoms with E-state index in [1.54, 1.807) is 11.8 Å². The molecule has 3 aromatic rings. The van der Waals surface area contributed by atoms with Crippen LogP contribution < -0.4 is 9.47 Å². The molecule has 2 N–H and O–H groups in total. The average Bonchev–Trinajstić information content (AvgIpc) is 4.02. The van der Waals surface area contributed by atoms with Crippen molar-refractivity contribution >= 4 is 17.5 Å². The summed E-state index contributed by atoms with van der Waals surface area (Å²) < 4.78 is 20.8. The number of hydrogen-bond donors (Lipinski definition) is 2. The first-order valence-corrected chi connectivity index (χ1v) is 20.3. The number of hydrogen-bond acceptors (Lipinski definition) is 9. The van der Waals surface area contributed by atoms with Gasteiger partial charge in [0.2, 0.25) is 5.79 Å². The van der Waals surface area contributed by atoms with Crippen LogP contribution in [0.15, 0.2) is 113 Å². The van der Waals surface area contributed by atoms with E-state index >= 15 is 0 Å². The van der Waals surface area contributed by atoms with Crippen LogP contribution in [-0.2, 0) is 16.2 Å². The molecule has 0 spiro atoms. The first-order chi connectivity index (χ1) is 26.1. The molecule has 2 fully saturated rings. The molecule has 0 unspecified atom stereocenters. The number of unbranched alkanes of at least 4 members (excludes halogenated alkanes) is 2. The van der Waals surface area contributed by atoms with Crippen molar-refractivity contribution in [2.24, 2.45) is 22.9 Å². The van der Waals surface area contributed by atoms with Gasteiger partial charge in [-0.3, -0.25) is 4.90 Å². The summed E-state index contributed by atoms with van der Waals surface area (Å²) in [4.78, 5) is 9.70. The summed E-state index contributed by atoms with van der Waals surface area (Å²) in [5, 5.41) is 24.5. The molecule has 3 aromatic carbocycles. The number of rotatable bonds is 20. The van der Waals surface area contributed by atoms with E-state index in [4.69, 9.17) is 24.2 Å². The minimum absolute atomic E-state index is 0.0237. The SMILES string of the molecule is C=CCO[C@@]12Oc3ccc(OCCN4CC4)cc3[C@H]3[C@H](CCCCO)[C@@H](CCCCO)C=C(C(=NOCc4ccccc4)C[C@@H]1Sc1ccccc1)[C@H]32. The molecule has 1 saturated carbocycles. The molecule has 0 bridgehead atoms. The maximum atomic E-state index is 9.89. The molecule has 0 aromatic heterocycles. The zero-order chi connectivity index (χ0) is 36.5. The van der Waals surface area contributed by atoms with Crippen LogP contribution in [0.3, 0.4) is 0 Å². The molecule has 7 rings (SSSR count). The molecule has 2 heterocycles. The third-order valence-corrected chi connectivity index (χ3v) is 12.4. The summed E-state index contributed by atoms with van der Waals surface area (Å²) in [5.74, 6) is 0.953. The van der Waals surface area contributed by atoms with Crippen LogP contribution in [0.1, 0.15) is 62.0 Å². The lowest BCUT2D eigenvalue weighted by Gasteiger charge is -2.58. The Kier molecular flexibility index (Phi) is 12.9. The topological polar surface area (TPSA) is 92.8 Å². The minimum atomic E-state index is -1.02. The van der Waals surface area contributed by atoms with Crippen molar-refractivity contribution in [1.82, 2.24) is 4.90 Å². The fraction of sp³-hybridized carbons (Fsp3) is 0.477. The van der Waals surface area contributed by atoms with Gasteiger partial charge in [-0.2, -0.15) is 0 Å². The van der Waals surface area contributed by atoms with Gasteiger partial charge >= 0.3 is 0 Å². The van der Waals surface area contributed by atoms with E-state index in [9.17, 15) is 10.2 Å². The summed E-state index contributed by atoms with van der Waals surface area (Å²) in [7, 11) is 0. The Balaban J connectivity index is 1.36. The van der Waals surface area contributed by atoms with Gasteiger partial charge < -0.3 is 29.3 Å². The zero-order valence-electron chi connectivity index (χ0n) is 30.7. The van der Waals surface area contributed by atoms with Crippen LogP contribution >= 0.6 is 11.8 Å². The smallest absolute Gasteiger partial charge is 0.231 e. The predicted molar refractivity (Wildman–Crippen MR) is 210 cm³/mol. The van der Waals surface area contributed by atoms with Crippen molar-refractivity contribution in [3.05, 3.63) is 114 Å². The molecule has 0 radical (unpaired) electrons. The minimum Gasteiger partial charge on any atom is -0.492 e. The molecule has 4 aliphatic rings. The van der Waals surface area contributed by atoms with Crippen LogP contribution in [0.4, 0.5) is 0 Å². The van der Waals surface area contributed by atoms with Gasteiger partial charge in [-0.25, -0.2) is 0 Å². The van der Waals surface area contributed by atoms with E-state index < -0.39 is 5.79 Å². The van der Waals surface area contributed by atoms with Gasteiger partial charge in [0, 0.05) is 55.6 Å². The summed E-state index contributed by atoms with van der Waals surface area (Å²) >= 11 is 1.77. The fourth-order valence-corrected chi connectivity index (χ4v) is 9.83. The molecular weight excluding hydrogens is 685 g/mol. The predicted octanol–water partition coefficient (Wildman–Crippen LogP) is 8.01. The normalized spacial score (nSPS) is 26.6. The fourth-order valence-electron chi connectivity index (χ4n) is 8.52. The van der Waals surface area contributed by atoms with Crippen LogP contribution in [0.2, 0.25) is 0 Å². The van der Waals surface area contributed by atoms with Crippen LogP contribution in [-0.4, -0.2) is 77.9 Å². The molecule has 53 heavy (non-hydrogen) atoms. The Labute approximate surface area is 318 Å². The van der Waals surface area contributed by atoms with Gasteiger partial charge in [-0.05, 0) is 79.0 Å². The van der Waals surface area contributed by atoms with Crippen molar-refractivity contribution in [3.8, 4) is 11.5 Å². The highest BCUT2D eigenvalue weighted by Gasteiger charge is 2.64. The van der Waals surface area contributed by atoms with Crippen LogP contribution in [0.5, 0.6) is 11.5 Å². The highest BCUT2D eigenvalue weighted by Crippen LogP contribution is 2.63. The number of oxime groups is 1. The number of thioether (sulfide) groups is 1. The summed E-state index contributed by atoms with van der Waals surface area (Å²) in [5.41, 5.74) is 4.26. The molecule has 8 nitrogen and oxygen atoms in total. The second-order valence-electron chi connectivity index (χ2n) is 14.6. The van der Waals surface area contributed by atoms with Gasteiger partial charge in [0.25, 0.3) is 0 Å². The Morgan fingerprint density at radius 2 is 1.70 bits per heavy atom. The lowest BCUT2D eigenvalue weighted by molar-refractivity contribution is -0.223. The Hall–Kier alpha value is -3.60. The Morgan fingerprint density at radius 3 is 2.43 bits per heavy atom. The third kappa shape index (κ3) is 8.87. The number of benzene rings is 3. The summed E-state index contributed by atoms with van der Waals surface area (Å²) in [6.45, 7) is 8.95. The summed E-state index contributed by atoms with van der Waals surface area (Å²) in [6, 6.07) is 27.0. The Morgan fingerprint density at radius 1 is 0.943 bits per heavy atom. The van der Waals surface area contributed by atoms with E-state index in [0.717, 1.165) is 97.0 Å². The second-order valence-corrected chi connectivity index (χ2v) is 15.9. The van der Waals surface area contributed by atoms with E-state index in [2.05, 4.69) is 66.1 Å². The zero-order valence-corrected chi connectivity index (χ0v) is 31.5. The third-order valence-electron chi connectivity index (χ3n) is 11.1. The molecule has 6 atom stereocenters. The molecule has 9 heteroatoms. The monoisotopic (exact) mass is 738 g/mol. The van der Waals surface area contributed by atoms with Crippen molar-refractivity contribution in [1.29, 1.82) is 0 Å². The maximum absolute atomic E-state index is 9.89. The maximum Gasteiger partial charge on any atom is 0.231 e. The highest BCUT2D eigenvalue weighted by atomic mass is 32.2. The van der Waals surface area contributed by atoms with Gasteiger partial charge in [-0.15, -0.1) is 18.3 Å². The number of fused-ring (bicyclic) bond motifs is 2. The Bertz CT molecular complexity index is 1700. The van der Waals surface area contributed by atoms with Gasteiger partial charge in [0.1, 0.15) is 24.7 Å². The first kappa shape index (κ1) is 37.7. The average molecular weight is 739 g/mol. The molecule has 2 aliphatic heterocycles. The van der Waals surface area contributed by atoms with E-state index in [1.807, 2.05) is 36.4 Å². The van der Waals surface area contributed by atoms with Gasteiger partial charge in [0.15, 0.2) is 0 Å². The van der Waals surface area contributed by atoms with E-state index in [-0.39, 0.29) is 42.1 Å². The van der Waals surface area contributed by atoms with Crippen molar-refractivity contribution in [2.75, 3.05) is 46.1 Å². The van der Waals surface area contributed by atoms with E-state index in [0.29, 0.717) is 26.2 Å². The molecule has 0 amide bonds. The molecule has 282 valence electrons. The quantitative estimate of drug-likeness (QED) is 0.0522. The number of nitrogens with zero attached hydrogens (tertiary/aromatic N) is 2. The molecule has 1 saturated heterocycles. The molecule has 2 aliphatic carbocycles. The van der Waals surface area contributed by atoms with Crippen LogP contribution in [0, 0.1) is 17.8 Å². The van der Waals surface area contributed by atoms with Gasteiger partial charge in [0.05, 0.1) is 23.5 Å². The molecular formula is C44H54N2O6S. The van der Waals surface area contributed by atoms with E-state index in [1.165, 1.54) is 0 Å². The lowest BCUT2D eigenvalue weighted by atomic mass is 9.56. The number of aliphatic hydroxyl groups is 2. The number of ether oxygens (including phenoxy) is 3. The van der Waals surface area contributed by atoms with Crippen LogP contribution in [0.25, 0.3) is 0 Å². The highest BCUT2D eigenvalue weighted by molar-refractivity contribution is 8.00. The van der Waals surface area contributed by atoms with Crippen molar-refractivity contribution in [2.45, 2.75) is 73.4 Å². The lowest BCUT2D eigenvalue weighted by Crippen LogP contribution is -2.64. The number of allylic oxidation sites excluding steroid dienone is 1. The van der Waals surface area contributed by atoms with Crippen molar-refractivity contribution in [3.63, 3.8) is 0 Å². The standard InChI is InChI=1S/C44H54N2O6S/c1-2-26-50-44-41(53-35-16-7-4-8-17-35)30-39(45-51-31-32-13-5-3-6-14-32)37-28-33(15-9-11-24-47)36(18-10-12-25-48)42(43(37)44)38-29-34(19-20-40(38)52-44)49-27-23-46-21-22-46/h2-8,13-14,16-17,19-20,28-29,33,36,41-43,47-48H,1,9-12,15,18,21-27,30-31H2/t33-,36+,41-,42+,43+,44+/m0/s1. The van der Waals surface area contributed by atoms with Gasteiger partial charge in [-0.1, -0.05) is 78.7 Å². The second kappa shape index (κ2) is 18.2. The first-order valence-electron chi connectivity index (χ1n) is 19.4. The number of aliphatic hydroxyl groups excluding tert-OH is 2. The van der Waals surface area contributed by atoms with Crippen molar-refractivity contribution < 1.29 is 29.3 Å². The summed E-state index contributed by atoms with van der Waals surface area (Å²) in [6.07, 6.45) is 10.1. The largest absolute Gasteiger partial charge is 0.492 e.